The average Bonchev–Trinajstić information content (AvgIpc) is 2.56. The molecule has 0 saturated carbocycles. The normalized spacial score (nSPS) is 21.7. The highest BCUT2D eigenvalue weighted by Crippen LogP contribution is 2.27. The maximum atomic E-state index is 5.92. The first-order chi connectivity index (χ1) is 10.3. The van der Waals surface area contributed by atoms with Crippen molar-refractivity contribution in [1.82, 2.24) is 4.90 Å². The third-order valence-corrected chi connectivity index (χ3v) is 5.44. The first-order valence-electron chi connectivity index (χ1n) is 8.42. The molecule has 0 aromatic heterocycles. The van der Waals surface area contributed by atoms with Crippen molar-refractivity contribution in [1.29, 1.82) is 0 Å². The van der Waals surface area contributed by atoms with Crippen molar-refractivity contribution in [2.45, 2.75) is 50.9 Å². The van der Waals surface area contributed by atoms with Crippen LogP contribution in [0.2, 0.25) is 0 Å². The molecule has 1 aromatic rings. The summed E-state index contributed by atoms with van der Waals surface area (Å²) in [4.78, 5) is 5.30. The Bertz CT molecular complexity index is 460. The highest BCUT2D eigenvalue weighted by molar-refractivity contribution is 6.17. The van der Waals surface area contributed by atoms with Crippen LogP contribution in [0.3, 0.4) is 0 Å². The quantitative estimate of drug-likeness (QED) is 0.773. The van der Waals surface area contributed by atoms with Gasteiger partial charge in [0.2, 0.25) is 0 Å². The van der Waals surface area contributed by atoms with Crippen LogP contribution in [-0.2, 0) is 5.88 Å². The molecule has 0 aliphatic carbocycles. The van der Waals surface area contributed by atoms with E-state index < -0.39 is 0 Å². The molecule has 2 aliphatic rings. The molecule has 0 radical (unpaired) electrons. The Balaban J connectivity index is 1.60. The molecular weight excluding hydrogens is 280 g/mol. The lowest BCUT2D eigenvalue weighted by atomic mass is 9.98. The van der Waals surface area contributed by atoms with E-state index in [2.05, 4.69) is 34.9 Å². The maximum Gasteiger partial charge on any atom is 0.0474 e. The van der Waals surface area contributed by atoms with Gasteiger partial charge in [0.1, 0.15) is 0 Å². The largest absolute Gasteiger partial charge is 0.371 e. The van der Waals surface area contributed by atoms with E-state index >= 15 is 0 Å². The number of likely N-dealkylation sites (tertiary alicyclic amines) is 1. The molecule has 2 aliphatic heterocycles. The van der Waals surface area contributed by atoms with Crippen LogP contribution in [0.25, 0.3) is 0 Å². The molecule has 2 nitrogen and oxygen atoms in total. The van der Waals surface area contributed by atoms with Crippen molar-refractivity contribution < 1.29 is 0 Å². The van der Waals surface area contributed by atoms with E-state index in [1.165, 1.54) is 75.1 Å². The summed E-state index contributed by atoms with van der Waals surface area (Å²) in [5.74, 6) is 0.609. The van der Waals surface area contributed by atoms with E-state index in [0.717, 1.165) is 6.04 Å². The molecule has 116 valence electrons. The number of hydrogen-bond donors (Lipinski definition) is 0. The van der Waals surface area contributed by atoms with E-state index in [1.54, 1.807) is 0 Å². The van der Waals surface area contributed by atoms with Gasteiger partial charge in [-0.3, -0.25) is 0 Å². The number of alkyl halides is 1. The molecule has 0 atom stereocenters. The molecule has 21 heavy (non-hydrogen) atoms. The molecule has 2 saturated heterocycles. The van der Waals surface area contributed by atoms with Gasteiger partial charge in [-0.05, 0) is 62.9 Å². The Labute approximate surface area is 134 Å². The predicted octanol–water partition coefficient (Wildman–Crippen LogP) is 4.19. The SMILES string of the molecule is Cc1cc(CCl)ccc1N1CCC(N2CCCCC2)CC1. The summed E-state index contributed by atoms with van der Waals surface area (Å²) < 4.78 is 0. The van der Waals surface area contributed by atoms with Crippen LogP contribution >= 0.6 is 11.6 Å². The molecule has 2 heterocycles. The van der Waals surface area contributed by atoms with Gasteiger partial charge in [-0.15, -0.1) is 11.6 Å². The van der Waals surface area contributed by atoms with Gasteiger partial charge in [0, 0.05) is 30.7 Å². The minimum atomic E-state index is 0.609. The minimum absolute atomic E-state index is 0.609. The predicted molar refractivity (Wildman–Crippen MR) is 91.4 cm³/mol. The van der Waals surface area contributed by atoms with Crippen LogP contribution in [0.4, 0.5) is 5.69 Å². The lowest BCUT2D eigenvalue weighted by Gasteiger charge is -2.41. The van der Waals surface area contributed by atoms with Crippen LogP contribution in [0, 0.1) is 6.92 Å². The van der Waals surface area contributed by atoms with Gasteiger partial charge in [0.15, 0.2) is 0 Å². The fourth-order valence-electron chi connectivity index (χ4n) is 3.91. The second-order valence-electron chi connectivity index (χ2n) is 6.57. The van der Waals surface area contributed by atoms with Crippen molar-refractivity contribution >= 4 is 17.3 Å². The lowest BCUT2D eigenvalue weighted by Crippen LogP contribution is -2.46. The number of anilines is 1. The molecule has 0 unspecified atom stereocenters. The van der Waals surface area contributed by atoms with E-state index in [1.807, 2.05) is 0 Å². The molecule has 0 spiro atoms. The molecule has 3 heteroatoms. The molecule has 0 N–H and O–H groups in total. The monoisotopic (exact) mass is 306 g/mol. The third kappa shape index (κ3) is 3.54. The maximum absolute atomic E-state index is 5.92. The van der Waals surface area contributed by atoms with Gasteiger partial charge in [-0.2, -0.15) is 0 Å². The smallest absolute Gasteiger partial charge is 0.0474 e. The molecule has 0 bridgehead atoms. The average molecular weight is 307 g/mol. The van der Waals surface area contributed by atoms with Crippen LogP contribution in [0.1, 0.15) is 43.2 Å². The number of aryl methyl sites for hydroxylation is 1. The van der Waals surface area contributed by atoms with Gasteiger partial charge in [0.05, 0.1) is 0 Å². The second-order valence-corrected chi connectivity index (χ2v) is 6.84. The van der Waals surface area contributed by atoms with Crippen molar-refractivity contribution in [3.8, 4) is 0 Å². The lowest BCUT2D eigenvalue weighted by molar-refractivity contribution is 0.141. The second kappa shape index (κ2) is 7.02. The number of halogens is 1. The number of piperidine rings is 2. The summed E-state index contributed by atoms with van der Waals surface area (Å²) in [5, 5.41) is 0. The van der Waals surface area contributed by atoms with Crippen molar-refractivity contribution in [3.05, 3.63) is 29.3 Å². The van der Waals surface area contributed by atoms with Crippen LogP contribution in [0.15, 0.2) is 18.2 Å². The Morgan fingerprint density at radius 2 is 1.76 bits per heavy atom. The highest BCUT2D eigenvalue weighted by Gasteiger charge is 2.26. The molecule has 3 rings (SSSR count). The van der Waals surface area contributed by atoms with Crippen LogP contribution < -0.4 is 4.90 Å². The van der Waals surface area contributed by atoms with Gasteiger partial charge in [-0.1, -0.05) is 18.6 Å². The topological polar surface area (TPSA) is 6.48 Å². The van der Waals surface area contributed by atoms with Crippen molar-refractivity contribution in [3.63, 3.8) is 0 Å². The molecule has 0 amide bonds. The standard InChI is InChI=1S/C18H27ClN2/c1-15-13-16(14-19)5-6-18(15)21-11-7-17(8-12-21)20-9-3-2-4-10-20/h5-6,13,17H,2-4,7-12,14H2,1H3. The van der Waals surface area contributed by atoms with Crippen LogP contribution in [-0.4, -0.2) is 37.1 Å². The Morgan fingerprint density at radius 1 is 1.05 bits per heavy atom. The zero-order valence-electron chi connectivity index (χ0n) is 13.2. The first-order valence-corrected chi connectivity index (χ1v) is 8.96. The molecule has 2 fully saturated rings. The van der Waals surface area contributed by atoms with Gasteiger partial charge in [-0.25, -0.2) is 0 Å². The summed E-state index contributed by atoms with van der Waals surface area (Å²) in [6.07, 6.45) is 6.87. The Hall–Kier alpha value is -0.730. The Morgan fingerprint density at radius 3 is 2.38 bits per heavy atom. The van der Waals surface area contributed by atoms with Gasteiger partial charge < -0.3 is 9.80 Å². The molecular formula is C18H27ClN2. The van der Waals surface area contributed by atoms with E-state index in [9.17, 15) is 0 Å². The van der Waals surface area contributed by atoms with Crippen molar-refractivity contribution in [2.75, 3.05) is 31.1 Å². The summed E-state index contributed by atoms with van der Waals surface area (Å²) in [6.45, 7) is 7.26. The third-order valence-electron chi connectivity index (χ3n) is 5.13. The fraction of sp³-hybridized carbons (Fsp3) is 0.667. The van der Waals surface area contributed by atoms with E-state index in [-0.39, 0.29) is 0 Å². The zero-order chi connectivity index (χ0) is 14.7. The summed E-state index contributed by atoms with van der Waals surface area (Å²) in [6, 6.07) is 7.49. The highest BCUT2D eigenvalue weighted by atomic mass is 35.5. The van der Waals surface area contributed by atoms with Gasteiger partial charge in [0.25, 0.3) is 0 Å². The van der Waals surface area contributed by atoms with E-state index in [4.69, 9.17) is 11.6 Å². The summed E-state index contributed by atoms with van der Waals surface area (Å²) >= 11 is 5.92. The molecule has 1 aromatic carbocycles. The first kappa shape index (κ1) is 15.2. The van der Waals surface area contributed by atoms with Crippen LogP contribution in [0.5, 0.6) is 0 Å². The summed E-state index contributed by atoms with van der Waals surface area (Å²) in [7, 11) is 0. The zero-order valence-corrected chi connectivity index (χ0v) is 13.9. The fourth-order valence-corrected chi connectivity index (χ4v) is 4.08. The number of hydrogen-bond acceptors (Lipinski definition) is 2. The number of nitrogens with zero attached hydrogens (tertiary/aromatic N) is 2. The Kier molecular flexibility index (Phi) is 5.07. The van der Waals surface area contributed by atoms with Crippen molar-refractivity contribution in [2.24, 2.45) is 0 Å². The summed E-state index contributed by atoms with van der Waals surface area (Å²) in [5.41, 5.74) is 3.99. The minimum Gasteiger partial charge on any atom is -0.371 e. The van der Waals surface area contributed by atoms with E-state index in [0.29, 0.717) is 5.88 Å². The number of rotatable bonds is 3. The van der Waals surface area contributed by atoms with Gasteiger partial charge >= 0.3 is 0 Å². The number of benzene rings is 1.